The monoisotopic (exact) mass is 300 g/mol. The minimum absolute atomic E-state index is 0.0719. The van der Waals surface area contributed by atoms with Crippen LogP contribution in [0, 0.1) is 6.92 Å². The van der Waals surface area contributed by atoms with Gasteiger partial charge in [0.05, 0.1) is 17.1 Å². The van der Waals surface area contributed by atoms with Crippen LogP contribution in [0.2, 0.25) is 0 Å². The number of carbonyl (C=O) groups excluding carboxylic acids is 1. The predicted molar refractivity (Wildman–Crippen MR) is 79.4 cm³/mol. The summed E-state index contributed by atoms with van der Waals surface area (Å²) in [5.41, 5.74) is 7.41. The predicted octanol–water partition coefficient (Wildman–Crippen LogP) is 0.967. The molecule has 0 bridgehead atoms. The van der Waals surface area contributed by atoms with Crippen LogP contribution in [0.25, 0.3) is 0 Å². The Morgan fingerprint density at radius 3 is 2.70 bits per heavy atom. The molecule has 7 heteroatoms. The molecule has 1 amide bonds. The number of rotatable bonds is 7. The van der Waals surface area contributed by atoms with Gasteiger partial charge in [0, 0.05) is 13.7 Å². The molecule has 1 rings (SSSR count). The van der Waals surface area contributed by atoms with Gasteiger partial charge < -0.3 is 15.8 Å². The standard InChI is InChI=1S/C13H20N2O4S/c1-10-5-3-6-11(14)13(10)15-12(16)9-20(17,18)8-4-7-19-2/h3,5-6H,4,7-9,14H2,1-2H3,(H,15,16). The number of methoxy groups -OCH3 is 1. The summed E-state index contributed by atoms with van der Waals surface area (Å²) in [6.07, 6.45) is 0.374. The molecule has 0 aliphatic carbocycles. The third kappa shape index (κ3) is 5.18. The maximum Gasteiger partial charge on any atom is 0.239 e. The van der Waals surface area contributed by atoms with E-state index in [1.54, 1.807) is 25.1 Å². The Kier molecular flexibility index (Phi) is 5.97. The molecule has 6 nitrogen and oxygen atoms in total. The van der Waals surface area contributed by atoms with E-state index in [4.69, 9.17) is 10.5 Å². The lowest BCUT2D eigenvalue weighted by Crippen LogP contribution is -2.25. The highest BCUT2D eigenvalue weighted by Crippen LogP contribution is 2.22. The number of anilines is 2. The number of carbonyl (C=O) groups is 1. The molecule has 1 aromatic rings. The second-order valence-electron chi connectivity index (χ2n) is 4.53. The second-order valence-corrected chi connectivity index (χ2v) is 6.71. The third-order valence-corrected chi connectivity index (χ3v) is 4.34. The van der Waals surface area contributed by atoms with Crippen LogP contribution in [0.15, 0.2) is 18.2 Å². The SMILES string of the molecule is COCCCS(=O)(=O)CC(=O)Nc1c(C)cccc1N. The Hall–Kier alpha value is -1.60. The average molecular weight is 300 g/mol. The third-order valence-electron chi connectivity index (χ3n) is 2.72. The minimum atomic E-state index is -3.43. The molecule has 112 valence electrons. The molecule has 0 aliphatic heterocycles. The molecule has 0 unspecified atom stereocenters. The van der Waals surface area contributed by atoms with E-state index >= 15 is 0 Å². The quantitative estimate of drug-likeness (QED) is 0.577. The van der Waals surface area contributed by atoms with Crippen molar-refractivity contribution in [1.29, 1.82) is 0 Å². The number of amides is 1. The summed E-state index contributed by atoms with van der Waals surface area (Å²) >= 11 is 0. The van der Waals surface area contributed by atoms with Crippen LogP contribution >= 0.6 is 0 Å². The number of nitrogens with two attached hydrogens (primary N) is 1. The average Bonchev–Trinajstić information content (AvgIpc) is 2.33. The maximum absolute atomic E-state index is 11.8. The molecule has 0 radical (unpaired) electrons. The first kappa shape index (κ1) is 16.5. The van der Waals surface area contributed by atoms with Crippen molar-refractivity contribution in [2.24, 2.45) is 0 Å². The fraction of sp³-hybridized carbons (Fsp3) is 0.462. The van der Waals surface area contributed by atoms with Crippen molar-refractivity contribution in [1.82, 2.24) is 0 Å². The Morgan fingerprint density at radius 2 is 2.10 bits per heavy atom. The summed E-state index contributed by atoms with van der Waals surface area (Å²) in [6, 6.07) is 5.20. The zero-order valence-corrected chi connectivity index (χ0v) is 12.5. The molecule has 0 saturated carbocycles. The van der Waals surface area contributed by atoms with Crippen molar-refractivity contribution < 1.29 is 17.9 Å². The van der Waals surface area contributed by atoms with Gasteiger partial charge >= 0.3 is 0 Å². The summed E-state index contributed by atoms with van der Waals surface area (Å²) in [7, 11) is -1.93. The number of nitrogen functional groups attached to an aromatic ring is 1. The van der Waals surface area contributed by atoms with Crippen molar-refractivity contribution in [3.05, 3.63) is 23.8 Å². The number of ether oxygens (including phenoxy) is 1. The van der Waals surface area contributed by atoms with Gasteiger partial charge in [-0.25, -0.2) is 8.42 Å². The molecule has 0 spiro atoms. The Labute approximate surface area is 119 Å². The van der Waals surface area contributed by atoms with Crippen molar-refractivity contribution in [2.75, 3.05) is 36.3 Å². The number of benzene rings is 1. The highest BCUT2D eigenvalue weighted by Gasteiger charge is 2.17. The Balaban J connectivity index is 2.64. The van der Waals surface area contributed by atoms with Gasteiger partial charge in [-0.3, -0.25) is 4.79 Å². The number of para-hydroxylation sites is 1. The van der Waals surface area contributed by atoms with Gasteiger partial charge in [-0.05, 0) is 25.0 Å². The summed E-state index contributed by atoms with van der Waals surface area (Å²) in [5, 5.41) is 2.55. The maximum atomic E-state index is 11.8. The van der Waals surface area contributed by atoms with E-state index in [2.05, 4.69) is 5.32 Å². The lowest BCUT2D eigenvalue weighted by atomic mass is 10.1. The smallest absolute Gasteiger partial charge is 0.239 e. The topological polar surface area (TPSA) is 98.5 Å². The van der Waals surface area contributed by atoms with Crippen LogP contribution < -0.4 is 11.1 Å². The van der Waals surface area contributed by atoms with Gasteiger partial charge in [0.15, 0.2) is 9.84 Å². The van der Waals surface area contributed by atoms with Gasteiger partial charge in [-0.2, -0.15) is 0 Å². The van der Waals surface area contributed by atoms with Crippen LogP contribution in [-0.4, -0.2) is 39.5 Å². The second kappa shape index (κ2) is 7.25. The lowest BCUT2D eigenvalue weighted by Gasteiger charge is -2.11. The van der Waals surface area contributed by atoms with Crippen molar-refractivity contribution in [3.8, 4) is 0 Å². The number of aryl methyl sites for hydroxylation is 1. The number of nitrogens with one attached hydrogen (secondary N) is 1. The molecule has 0 aromatic heterocycles. The van der Waals surface area contributed by atoms with E-state index in [-0.39, 0.29) is 5.75 Å². The lowest BCUT2D eigenvalue weighted by molar-refractivity contribution is -0.113. The van der Waals surface area contributed by atoms with Gasteiger partial charge in [-0.15, -0.1) is 0 Å². The zero-order valence-electron chi connectivity index (χ0n) is 11.7. The van der Waals surface area contributed by atoms with E-state index in [0.29, 0.717) is 24.4 Å². The highest BCUT2D eigenvalue weighted by molar-refractivity contribution is 7.92. The van der Waals surface area contributed by atoms with Gasteiger partial charge in [0.2, 0.25) is 5.91 Å². The number of sulfone groups is 1. The largest absolute Gasteiger partial charge is 0.397 e. The van der Waals surface area contributed by atoms with E-state index in [9.17, 15) is 13.2 Å². The summed E-state index contributed by atoms with van der Waals surface area (Å²) in [5.74, 6) is -1.20. The first-order valence-electron chi connectivity index (χ1n) is 6.20. The van der Waals surface area contributed by atoms with E-state index < -0.39 is 21.5 Å². The molecular formula is C13H20N2O4S. The van der Waals surface area contributed by atoms with Gasteiger partial charge in [0.25, 0.3) is 0 Å². The van der Waals surface area contributed by atoms with Crippen LogP contribution in [-0.2, 0) is 19.4 Å². The molecule has 0 fully saturated rings. The highest BCUT2D eigenvalue weighted by atomic mass is 32.2. The van der Waals surface area contributed by atoms with Crippen molar-refractivity contribution in [2.45, 2.75) is 13.3 Å². The molecule has 0 heterocycles. The van der Waals surface area contributed by atoms with E-state index in [1.165, 1.54) is 7.11 Å². The number of hydrogen-bond acceptors (Lipinski definition) is 5. The van der Waals surface area contributed by atoms with Crippen LogP contribution in [0.5, 0.6) is 0 Å². The first-order valence-corrected chi connectivity index (χ1v) is 8.02. The van der Waals surface area contributed by atoms with Gasteiger partial charge in [0.1, 0.15) is 5.75 Å². The summed E-state index contributed by atoms with van der Waals surface area (Å²) < 4.78 is 28.2. The molecule has 0 atom stereocenters. The fourth-order valence-electron chi connectivity index (χ4n) is 1.73. The van der Waals surface area contributed by atoms with Gasteiger partial charge in [-0.1, -0.05) is 12.1 Å². The van der Waals surface area contributed by atoms with Crippen LogP contribution in [0.4, 0.5) is 11.4 Å². The summed E-state index contributed by atoms with van der Waals surface area (Å²) in [6.45, 7) is 2.14. The fourth-order valence-corrected chi connectivity index (χ4v) is 2.91. The molecule has 3 N–H and O–H groups in total. The molecule has 0 saturated heterocycles. The molecule has 20 heavy (non-hydrogen) atoms. The minimum Gasteiger partial charge on any atom is -0.397 e. The number of hydrogen-bond donors (Lipinski definition) is 2. The van der Waals surface area contributed by atoms with Crippen LogP contribution in [0.1, 0.15) is 12.0 Å². The molecular weight excluding hydrogens is 280 g/mol. The Bertz CT molecular complexity index is 549. The molecule has 0 aliphatic rings. The summed E-state index contributed by atoms with van der Waals surface area (Å²) in [4.78, 5) is 11.8. The first-order chi connectivity index (χ1) is 9.35. The van der Waals surface area contributed by atoms with Crippen molar-refractivity contribution >= 4 is 27.1 Å². The van der Waals surface area contributed by atoms with Crippen molar-refractivity contribution in [3.63, 3.8) is 0 Å². The normalized spacial score (nSPS) is 11.3. The van der Waals surface area contributed by atoms with E-state index in [0.717, 1.165) is 5.56 Å². The molecule has 1 aromatic carbocycles. The zero-order chi connectivity index (χ0) is 15.2. The van der Waals surface area contributed by atoms with E-state index in [1.807, 2.05) is 0 Å². The van der Waals surface area contributed by atoms with Crippen LogP contribution in [0.3, 0.4) is 0 Å². The Morgan fingerprint density at radius 1 is 1.40 bits per heavy atom.